The van der Waals surface area contributed by atoms with E-state index < -0.39 is 0 Å². The Kier molecular flexibility index (Phi) is 4.75. The first kappa shape index (κ1) is 14.3. The molecule has 1 N–H and O–H groups in total. The van der Waals surface area contributed by atoms with E-state index in [4.69, 9.17) is 23.2 Å². The van der Waals surface area contributed by atoms with E-state index >= 15 is 0 Å². The van der Waals surface area contributed by atoms with E-state index in [1.54, 1.807) is 30.3 Å². The molecular formula is C14H11Cl2NOS. The molecule has 0 radical (unpaired) electrons. The number of thiol groups is 1. The molecule has 1 amide bonds. The Balaban J connectivity index is 2.07. The van der Waals surface area contributed by atoms with Crippen LogP contribution in [0.5, 0.6) is 0 Å². The van der Waals surface area contributed by atoms with Gasteiger partial charge in [0.1, 0.15) is 0 Å². The lowest BCUT2D eigenvalue weighted by molar-refractivity contribution is 0.0951. The first-order valence-electron chi connectivity index (χ1n) is 5.57. The minimum absolute atomic E-state index is 0.235. The van der Waals surface area contributed by atoms with Gasteiger partial charge in [0.05, 0.1) is 10.6 Å². The molecule has 0 aliphatic carbocycles. The highest BCUT2D eigenvalue weighted by Gasteiger charge is 2.10. The molecule has 2 aromatic carbocycles. The van der Waals surface area contributed by atoms with Crippen molar-refractivity contribution < 1.29 is 4.79 Å². The zero-order chi connectivity index (χ0) is 13.8. The minimum atomic E-state index is -0.235. The fourth-order valence-corrected chi connectivity index (χ4v) is 2.23. The van der Waals surface area contributed by atoms with Crippen LogP contribution in [-0.2, 0) is 6.54 Å². The zero-order valence-corrected chi connectivity index (χ0v) is 12.3. The van der Waals surface area contributed by atoms with Gasteiger partial charge in [0, 0.05) is 16.5 Å². The number of nitrogens with one attached hydrogen (secondary N) is 1. The summed E-state index contributed by atoms with van der Waals surface area (Å²) in [6.07, 6.45) is 0. The normalized spacial score (nSPS) is 10.3. The van der Waals surface area contributed by atoms with Crippen molar-refractivity contribution in [3.63, 3.8) is 0 Å². The Labute approximate surface area is 127 Å². The fourth-order valence-electron chi connectivity index (χ4n) is 1.61. The number of rotatable bonds is 3. The van der Waals surface area contributed by atoms with Crippen LogP contribution in [0.1, 0.15) is 15.9 Å². The van der Waals surface area contributed by atoms with Gasteiger partial charge in [-0.15, -0.1) is 12.6 Å². The van der Waals surface area contributed by atoms with Crippen molar-refractivity contribution in [2.75, 3.05) is 0 Å². The third-order valence-electron chi connectivity index (χ3n) is 2.54. The standard InChI is InChI=1S/C14H11Cl2NOS/c15-10-3-1-2-9(6-10)8-17-14(18)12-7-11(19)4-5-13(12)16/h1-7,19H,8H2,(H,17,18). The van der Waals surface area contributed by atoms with Crippen molar-refractivity contribution in [3.05, 3.63) is 63.6 Å². The third-order valence-corrected chi connectivity index (χ3v) is 3.38. The Morgan fingerprint density at radius 3 is 2.68 bits per heavy atom. The zero-order valence-electron chi connectivity index (χ0n) is 9.86. The van der Waals surface area contributed by atoms with Gasteiger partial charge < -0.3 is 5.32 Å². The highest BCUT2D eigenvalue weighted by molar-refractivity contribution is 7.80. The maximum absolute atomic E-state index is 12.0. The molecule has 0 atom stereocenters. The van der Waals surface area contributed by atoms with E-state index in [0.717, 1.165) is 5.56 Å². The second-order valence-electron chi connectivity index (χ2n) is 3.98. The molecule has 0 heterocycles. The molecule has 0 bridgehead atoms. The monoisotopic (exact) mass is 311 g/mol. The van der Waals surface area contributed by atoms with E-state index in [1.165, 1.54) is 0 Å². The molecule has 0 aliphatic heterocycles. The molecule has 0 aliphatic rings. The lowest BCUT2D eigenvalue weighted by Gasteiger charge is -2.07. The Hall–Kier alpha value is -1.16. The van der Waals surface area contributed by atoms with Crippen LogP contribution in [-0.4, -0.2) is 5.91 Å². The van der Waals surface area contributed by atoms with Crippen LogP contribution in [0.3, 0.4) is 0 Å². The maximum Gasteiger partial charge on any atom is 0.253 e. The maximum atomic E-state index is 12.0. The average Bonchev–Trinajstić information content (AvgIpc) is 2.39. The van der Waals surface area contributed by atoms with Gasteiger partial charge in [-0.1, -0.05) is 35.3 Å². The van der Waals surface area contributed by atoms with Crippen LogP contribution in [0.15, 0.2) is 47.4 Å². The molecule has 2 nitrogen and oxygen atoms in total. The van der Waals surface area contributed by atoms with E-state index in [2.05, 4.69) is 17.9 Å². The van der Waals surface area contributed by atoms with Gasteiger partial charge >= 0.3 is 0 Å². The summed E-state index contributed by atoms with van der Waals surface area (Å²) in [4.78, 5) is 12.7. The summed E-state index contributed by atoms with van der Waals surface area (Å²) in [5, 5.41) is 3.84. The summed E-state index contributed by atoms with van der Waals surface area (Å²) >= 11 is 16.1. The predicted molar refractivity (Wildman–Crippen MR) is 81.3 cm³/mol. The quantitative estimate of drug-likeness (QED) is 0.817. The minimum Gasteiger partial charge on any atom is -0.348 e. The summed E-state index contributed by atoms with van der Waals surface area (Å²) < 4.78 is 0. The average molecular weight is 312 g/mol. The van der Waals surface area contributed by atoms with Gasteiger partial charge in [-0.25, -0.2) is 0 Å². The van der Waals surface area contributed by atoms with Gasteiger partial charge in [-0.05, 0) is 35.9 Å². The number of benzene rings is 2. The van der Waals surface area contributed by atoms with Crippen LogP contribution in [0.4, 0.5) is 0 Å². The highest BCUT2D eigenvalue weighted by atomic mass is 35.5. The van der Waals surface area contributed by atoms with Crippen molar-refractivity contribution in [2.24, 2.45) is 0 Å². The Morgan fingerprint density at radius 1 is 1.16 bits per heavy atom. The van der Waals surface area contributed by atoms with Gasteiger partial charge in [-0.3, -0.25) is 4.79 Å². The first-order chi connectivity index (χ1) is 9.06. The summed E-state index contributed by atoms with van der Waals surface area (Å²) in [7, 11) is 0. The SMILES string of the molecule is O=C(NCc1cccc(Cl)c1)c1cc(S)ccc1Cl. The largest absolute Gasteiger partial charge is 0.348 e. The van der Waals surface area contributed by atoms with Crippen LogP contribution >= 0.6 is 35.8 Å². The number of carbonyl (C=O) groups is 1. The molecule has 2 aromatic rings. The van der Waals surface area contributed by atoms with Gasteiger partial charge in [-0.2, -0.15) is 0 Å². The van der Waals surface area contributed by atoms with Crippen LogP contribution in [0.2, 0.25) is 10.0 Å². The number of hydrogen-bond donors (Lipinski definition) is 2. The van der Waals surface area contributed by atoms with Crippen molar-refractivity contribution >= 4 is 41.7 Å². The lowest BCUT2D eigenvalue weighted by atomic mass is 10.2. The van der Waals surface area contributed by atoms with E-state index in [9.17, 15) is 4.79 Å². The van der Waals surface area contributed by atoms with Crippen LogP contribution in [0.25, 0.3) is 0 Å². The van der Waals surface area contributed by atoms with Crippen molar-refractivity contribution in [1.82, 2.24) is 5.32 Å². The predicted octanol–water partition coefficient (Wildman–Crippen LogP) is 4.21. The Bertz CT molecular complexity index is 616. The smallest absolute Gasteiger partial charge is 0.253 e. The third kappa shape index (κ3) is 3.90. The molecule has 19 heavy (non-hydrogen) atoms. The summed E-state index contributed by atoms with van der Waals surface area (Å²) in [5.74, 6) is -0.235. The Morgan fingerprint density at radius 2 is 1.95 bits per heavy atom. The molecule has 2 rings (SSSR count). The van der Waals surface area contributed by atoms with Gasteiger partial charge in [0.25, 0.3) is 5.91 Å². The molecule has 98 valence electrons. The highest BCUT2D eigenvalue weighted by Crippen LogP contribution is 2.19. The van der Waals surface area contributed by atoms with Gasteiger partial charge in [0.15, 0.2) is 0 Å². The summed E-state index contributed by atoms with van der Waals surface area (Å²) in [6.45, 7) is 0.395. The van der Waals surface area contributed by atoms with Crippen LogP contribution < -0.4 is 5.32 Å². The molecule has 0 aromatic heterocycles. The molecule has 0 spiro atoms. The molecule has 5 heteroatoms. The number of amides is 1. The van der Waals surface area contributed by atoms with E-state index in [1.807, 2.05) is 12.1 Å². The molecule has 0 saturated heterocycles. The van der Waals surface area contributed by atoms with E-state index in [0.29, 0.717) is 27.0 Å². The number of halogens is 2. The molecule has 0 saturated carbocycles. The number of hydrogen-bond acceptors (Lipinski definition) is 2. The van der Waals surface area contributed by atoms with E-state index in [-0.39, 0.29) is 5.91 Å². The van der Waals surface area contributed by atoms with Crippen molar-refractivity contribution in [1.29, 1.82) is 0 Å². The van der Waals surface area contributed by atoms with Crippen LogP contribution in [0, 0.1) is 0 Å². The topological polar surface area (TPSA) is 29.1 Å². The second-order valence-corrected chi connectivity index (χ2v) is 5.34. The molecular weight excluding hydrogens is 301 g/mol. The van der Waals surface area contributed by atoms with Crippen molar-refractivity contribution in [3.8, 4) is 0 Å². The molecule has 0 fully saturated rings. The number of carbonyl (C=O) groups excluding carboxylic acids is 1. The first-order valence-corrected chi connectivity index (χ1v) is 6.78. The molecule has 0 unspecified atom stereocenters. The van der Waals surface area contributed by atoms with Crippen molar-refractivity contribution in [2.45, 2.75) is 11.4 Å². The summed E-state index contributed by atoms with van der Waals surface area (Å²) in [5.41, 5.74) is 1.34. The second kappa shape index (κ2) is 6.33. The van der Waals surface area contributed by atoms with Gasteiger partial charge in [0.2, 0.25) is 0 Å². The summed E-state index contributed by atoms with van der Waals surface area (Å²) in [6, 6.07) is 12.3. The fraction of sp³-hybridized carbons (Fsp3) is 0.0714. The lowest BCUT2D eigenvalue weighted by Crippen LogP contribution is -2.23.